The molecule has 2 rings (SSSR count). The lowest BCUT2D eigenvalue weighted by Gasteiger charge is -2.20. The van der Waals surface area contributed by atoms with Crippen LogP contribution >= 0.6 is 11.8 Å². The van der Waals surface area contributed by atoms with Crippen molar-refractivity contribution in [3.05, 3.63) is 53.2 Å². The standard InChI is InChI=1S/C18H19N3OS/c1-4-21(15-8-6-5-7-9-15)17(22)12-23-18-16(11-19)13(2)10-14(3)20-18/h5-10H,4,12H2,1-3H3. The summed E-state index contributed by atoms with van der Waals surface area (Å²) in [5, 5.41) is 9.92. The van der Waals surface area contributed by atoms with E-state index in [2.05, 4.69) is 11.1 Å². The van der Waals surface area contributed by atoms with E-state index < -0.39 is 0 Å². The van der Waals surface area contributed by atoms with Gasteiger partial charge in [0.15, 0.2) is 0 Å². The summed E-state index contributed by atoms with van der Waals surface area (Å²) < 4.78 is 0. The van der Waals surface area contributed by atoms with Crippen LogP contribution in [0, 0.1) is 25.2 Å². The number of aryl methyl sites for hydroxylation is 2. The zero-order valence-corrected chi connectivity index (χ0v) is 14.4. The molecule has 118 valence electrons. The van der Waals surface area contributed by atoms with Crippen molar-refractivity contribution in [2.75, 3.05) is 17.2 Å². The van der Waals surface area contributed by atoms with Crippen molar-refractivity contribution in [3.8, 4) is 6.07 Å². The van der Waals surface area contributed by atoms with Gasteiger partial charge in [0.25, 0.3) is 0 Å². The fourth-order valence-corrected chi connectivity index (χ4v) is 3.34. The van der Waals surface area contributed by atoms with Crippen LogP contribution in [0.25, 0.3) is 0 Å². The predicted molar refractivity (Wildman–Crippen MR) is 93.6 cm³/mol. The van der Waals surface area contributed by atoms with Crippen molar-refractivity contribution < 1.29 is 4.79 Å². The molecule has 0 spiro atoms. The van der Waals surface area contributed by atoms with Crippen LogP contribution in [0.2, 0.25) is 0 Å². The Morgan fingerprint density at radius 2 is 2.00 bits per heavy atom. The van der Waals surface area contributed by atoms with Crippen LogP contribution < -0.4 is 4.90 Å². The molecule has 0 fully saturated rings. The third-order valence-corrected chi connectivity index (χ3v) is 4.40. The summed E-state index contributed by atoms with van der Waals surface area (Å²) in [5.41, 5.74) is 3.18. The molecule has 0 aliphatic rings. The van der Waals surface area contributed by atoms with E-state index in [9.17, 15) is 10.1 Å². The number of hydrogen-bond acceptors (Lipinski definition) is 4. The topological polar surface area (TPSA) is 57.0 Å². The quantitative estimate of drug-likeness (QED) is 0.786. The van der Waals surface area contributed by atoms with Gasteiger partial charge in [0.2, 0.25) is 5.91 Å². The summed E-state index contributed by atoms with van der Waals surface area (Å²) in [5.74, 6) is 0.265. The first kappa shape index (κ1) is 17.0. The first-order valence-electron chi connectivity index (χ1n) is 7.43. The monoisotopic (exact) mass is 325 g/mol. The number of hydrogen-bond donors (Lipinski definition) is 0. The Balaban J connectivity index is 2.15. The number of nitriles is 1. The Kier molecular flexibility index (Phi) is 5.78. The molecule has 0 saturated carbocycles. The van der Waals surface area contributed by atoms with E-state index in [0.717, 1.165) is 16.9 Å². The minimum atomic E-state index is 0.00792. The molecule has 1 amide bonds. The molecule has 5 heteroatoms. The van der Waals surface area contributed by atoms with Gasteiger partial charge >= 0.3 is 0 Å². The van der Waals surface area contributed by atoms with Crippen molar-refractivity contribution in [3.63, 3.8) is 0 Å². The molecular formula is C18H19N3OS. The number of nitrogens with zero attached hydrogens (tertiary/aromatic N) is 3. The number of para-hydroxylation sites is 1. The molecule has 0 saturated heterocycles. The molecule has 0 radical (unpaired) electrons. The van der Waals surface area contributed by atoms with Gasteiger partial charge in [-0.1, -0.05) is 30.0 Å². The van der Waals surface area contributed by atoms with Crippen LogP contribution in [0.4, 0.5) is 5.69 Å². The second kappa shape index (κ2) is 7.80. The second-order valence-electron chi connectivity index (χ2n) is 5.13. The maximum absolute atomic E-state index is 12.5. The van der Waals surface area contributed by atoms with Gasteiger partial charge in [-0.25, -0.2) is 4.98 Å². The average molecular weight is 325 g/mol. The van der Waals surface area contributed by atoms with Crippen LogP contribution in [0.3, 0.4) is 0 Å². The zero-order chi connectivity index (χ0) is 16.8. The lowest BCUT2D eigenvalue weighted by molar-refractivity contribution is -0.116. The van der Waals surface area contributed by atoms with Gasteiger partial charge in [0, 0.05) is 17.9 Å². The minimum Gasteiger partial charge on any atom is -0.312 e. The molecule has 4 nitrogen and oxygen atoms in total. The number of pyridine rings is 1. The lowest BCUT2D eigenvalue weighted by Crippen LogP contribution is -2.32. The number of carbonyl (C=O) groups is 1. The van der Waals surface area contributed by atoms with Gasteiger partial charge in [0.05, 0.1) is 11.3 Å². The maximum atomic E-state index is 12.5. The lowest BCUT2D eigenvalue weighted by atomic mass is 10.1. The van der Waals surface area contributed by atoms with E-state index >= 15 is 0 Å². The molecule has 0 aliphatic carbocycles. The SMILES string of the molecule is CCN(C(=O)CSc1nc(C)cc(C)c1C#N)c1ccccc1. The first-order chi connectivity index (χ1) is 11.1. The fourth-order valence-electron chi connectivity index (χ4n) is 2.36. The van der Waals surface area contributed by atoms with Crippen molar-refractivity contribution in [2.45, 2.75) is 25.8 Å². The largest absolute Gasteiger partial charge is 0.312 e. The van der Waals surface area contributed by atoms with Gasteiger partial charge in [-0.2, -0.15) is 5.26 Å². The van der Waals surface area contributed by atoms with Crippen molar-refractivity contribution in [1.82, 2.24) is 4.98 Å². The average Bonchev–Trinajstić information content (AvgIpc) is 2.54. The Morgan fingerprint density at radius 1 is 1.30 bits per heavy atom. The summed E-state index contributed by atoms with van der Waals surface area (Å²) in [4.78, 5) is 18.7. The summed E-state index contributed by atoms with van der Waals surface area (Å²) in [6.45, 7) is 6.34. The van der Waals surface area contributed by atoms with Crippen molar-refractivity contribution in [1.29, 1.82) is 5.26 Å². The predicted octanol–water partition coefficient (Wildman–Crippen LogP) is 3.72. The molecule has 23 heavy (non-hydrogen) atoms. The smallest absolute Gasteiger partial charge is 0.237 e. The highest BCUT2D eigenvalue weighted by molar-refractivity contribution is 8.00. The van der Waals surface area contributed by atoms with Crippen molar-refractivity contribution in [2.24, 2.45) is 0 Å². The number of thioether (sulfide) groups is 1. The molecule has 0 N–H and O–H groups in total. The Bertz CT molecular complexity index is 738. The molecule has 0 bridgehead atoms. The van der Waals surface area contributed by atoms with Crippen LogP contribution in [-0.4, -0.2) is 23.2 Å². The summed E-state index contributed by atoms with van der Waals surface area (Å²) in [7, 11) is 0. The summed E-state index contributed by atoms with van der Waals surface area (Å²) in [6.07, 6.45) is 0. The number of rotatable bonds is 5. The van der Waals surface area contributed by atoms with E-state index in [1.807, 2.05) is 57.2 Å². The summed E-state index contributed by atoms with van der Waals surface area (Å²) in [6, 6.07) is 13.7. The number of benzene rings is 1. The fraction of sp³-hybridized carbons (Fsp3) is 0.278. The number of amides is 1. The van der Waals surface area contributed by atoms with Gasteiger partial charge < -0.3 is 4.90 Å². The highest BCUT2D eigenvalue weighted by Gasteiger charge is 2.16. The van der Waals surface area contributed by atoms with Gasteiger partial charge in [-0.15, -0.1) is 0 Å². The van der Waals surface area contributed by atoms with E-state index in [1.54, 1.807) is 4.90 Å². The molecular weight excluding hydrogens is 306 g/mol. The summed E-state index contributed by atoms with van der Waals surface area (Å²) >= 11 is 1.32. The van der Waals surface area contributed by atoms with Crippen LogP contribution in [0.5, 0.6) is 0 Å². The second-order valence-corrected chi connectivity index (χ2v) is 6.10. The van der Waals surface area contributed by atoms with E-state index in [0.29, 0.717) is 17.1 Å². The van der Waals surface area contributed by atoms with E-state index in [-0.39, 0.29) is 11.7 Å². The number of anilines is 1. The highest BCUT2D eigenvalue weighted by atomic mass is 32.2. The van der Waals surface area contributed by atoms with E-state index in [1.165, 1.54) is 11.8 Å². The number of carbonyl (C=O) groups excluding carboxylic acids is 1. The zero-order valence-electron chi connectivity index (χ0n) is 13.5. The van der Waals surface area contributed by atoms with Gasteiger partial charge in [-0.05, 0) is 44.5 Å². The normalized spacial score (nSPS) is 10.2. The Labute approximate surface area is 141 Å². The molecule has 0 atom stereocenters. The van der Waals surface area contributed by atoms with Crippen LogP contribution in [0.1, 0.15) is 23.7 Å². The maximum Gasteiger partial charge on any atom is 0.237 e. The first-order valence-corrected chi connectivity index (χ1v) is 8.42. The number of aromatic nitrogens is 1. The molecule has 1 aromatic carbocycles. The highest BCUT2D eigenvalue weighted by Crippen LogP contribution is 2.24. The van der Waals surface area contributed by atoms with E-state index in [4.69, 9.17) is 0 Å². The third-order valence-electron chi connectivity index (χ3n) is 3.44. The molecule has 1 aromatic heterocycles. The third kappa shape index (κ3) is 4.11. The van der Waals surface area contributed by atoms with Gasteiger partial charge in [0.1, 0.15) is 11.1 Å². The Morgan fingerprint density at radius 3 is 2.61 bits per heavy atom. The van der Waals surface area contributed by atoms with Crippen molar-refractivity contribution >= 4 is 23.4 Å². The molecule has 1 heterocycles. The Hall–Kier alpha value is -2.32. The molecule has 0 aliphatic heterocycles. The van der Waals surface area contributed by atoms with Crippen LogP contribution in [-0.2, 0) is 4.79 Å². The van der Waals surface area contributed by atoms with Crippen LogP contribution in [0.15, 0.2) is 41.4 Å². The minimum absolute atomic E-state index is 0.00792. The van der Waals surface area contributed by atoms with Gasteiger partial charge in [-0.3, -0.25) is 4.79 Å². The molecule has 2 aromatic rings. The molecule has 0 unspecified atom stereocenters.